The van der Waals surface area contributed by atoms with Crippen LogP contribution in [0.2, 0.25) is 0 Å². The Hall–Kier alpha value is -0.180. The first-order valence-corrected chi connectivity index (χ1v) is 7.55. The van der Waals surface area contributed by atoms with Crippen molar-refractivity contribution in [1.82, 2.24) is 4.90 Å². The fourth-order valence-electron chi connectivity index (χ4n) is 2.37. The van der Waals surface area contributed by atoms with E-state index < -0.39 is 0 Å². The van der Waals surface area contributed by atoms with Gasteiger partial charge in [-0.1, -0.05) is 25.6 Å². The molecule has 2 fully saturated rings. The predicted octanol–water partition coefficient (Wildman–Crippen LogP) is 3.23. The number of nitrogens with zero attached hydrogens (tertiary/aromatic N) is 2. The van der Waals surface area contributed by atoms with Crippen LogP contribution in [0.25, 0.3) is 0 Å². The molecule has 2 atom stereocenters. The molecule has 1 saturated heterocycles. The number of amidine groups is 1. The second kappa shape index (κ2) is 4.99. The van der Waals surface area contributed by atoms with Crippen molar-refractivity contribution < 1.29 is 0 Å². The lowest BCUT2D eigenvalue weighted by molar-refractivity contribution is 0.351. The molecule has 16 heavy (non-hydrogen) atoms. The largest absolute Gasteiger partial charge is 0.349 e. The average Bonchev–Trinajstić information content (AvgIpc) is 2.98. The fourth-order valence-corrected chi connectivity index (χ4v) is 3.51. The maximum Gasteiger partial charge on any atom is 0.159 e. The Labute approximate surface area is 104 Å². The number of thioether (sulfide) groups is 1. The molecule has 2 unspecified atom stereocenters. The van der Waals surface area contributed by atoms with Gasteiger partial charge in [-0.3, -0.25) is 4.99 Å². The van der Waals surface area contributed by atoms with Crippen LogP contribution in [0.4, 0.5) is 0 Å². The van der Waals surface area contributed by atoms with Gasteiger partial charge in [0, 0.05) is 18.3 Å². The third-order valence-electron chi connectivity index (χ3n) is 3.58. The highest BCUT2D eigenvalue weighted by Crippen LogP contribution is 2.41. The molecule has 92 valence electrons. The van der Waals surface area contributed by atoms with E-state index in [1.165, 1.54) is 30.3 Å². The topological polar surface area (TPSA) is 15.6 Å². The lowest BCUT2D eigenvalue weighted by atomic mass is 10.1. The molecule has 1 aliphatic carbocycles. The van der Waals surface area contributed by atoms with E-state index in [9.17, 15) is 0 Å². The van der Waals surface area contributed by atoms with Gasteiger partial charge in [0.25, 0.3) is 0 Å². The Balaban J connectivity index is 1.98. The Kier molecular flexibility index (Phi) is 3.83. The van der Waals surface area contributed by atoms with Crippen LogP contribution < -0.4 is 0 Å². The zero-order valence-corrected chi connectivity index (χ0v) is 11.8. The molecular formula is C13H24N2S. The van der Waals surface area contributed by atoms with Crippen LogP contribution in [0.5, 0.6) is 0 Å². The minimum absolute atomic E-state index is 0.600. The molecule has 1 heterocycles. The van der Waals surface area contributed by atoms with Gasteiger partial charge in [-0.2, -0.15) is 0 Å². The first kappa shape index (κ1) is 12.3. The van der Waals surface area contributed by atoms with Crippen molar-refractivity contribution in [1.29, 1.82) is 0 Å². The van der Waals surface area contributed by atoms with Gasteiger partial charge in [-0.25, -0.2) is 0 Å². The summed E-state index contributed by atoms with van der Waals surface area (Å²) in [6.45, 7) is 10.4. The van der Waals surface area contributed by atoms with Gasteiger partial charge in [-0.15, -0.1) is 0 Å². The molecule has 1 saturated carbocycles. The van der Waals surface area contributed by atoms with Gasteiger partial charge in [0.1, 0.15) is 0 Å². The Bertz CT molecular complexity index is 273. The van der Waals surface area contributed by atoms with E-state index in [0.29, 0.717) is 12.1 Å². The van der Waals surface area contributed by atoms with Crippen LogP contribution >= 0.6 is 11.8 Å². The summed E-state index contributed by atoms with van der Waals surface area (Å²) in [5.41, 5.74) is 0. The minimum Gasteiger partial charge on any atom is -0.349 e. The molecule has 0 aromatic carbocycles. The Morgan fingerprint density at radius 2 is 2.06 bits per heavy atom. The predicted molar refractivity (Wildman–Crippen MR) is 73.1 cm³/mol. The second-order valence-corrected chi connectivity index (χ2v) is 6.67. The van der Waals surface area contributed by atoms with Gasteiger partial charge in [0.2, 0.25) is 0 Å². The normalized spacial score (nSPS) is 32.9. The Morgan fingerprint density at radius 3 is 2.62 bits per heavy atom. The average molecular weight is 240 g/mol. The van der Waals surface area contributed by atoms with Crippen molar-refractivity contribution >= 4 is 16.9 Å². The fraction of sp³-hybridized carbons (Fsp3) is 0.923. The monoisotopic (exact) mass is 240 g/mol. The van der Waals surface area contributed by atoms with Gasteiger partial charge in [0.15, 0.2) is 5.17 Å². The molecule has 2 rings (SSSR count). The molecule has 0 amide bonds. The smallest absolute Gasteiger partial charge is 0.159 e. The molecule has 0 spiro atoms. The van der Waals surface area contributed by atoms with Crippen molar-refractivity contribution in [3.63, 3.8) is 0 Å². The van der Waals surface area contributed by atoms with Crippen molar-refractivity contribution in [2.45, 2.75) is 52.6 Å². The number of hydrogen-bond acceptors (Lipinski definition) is 2. The second-order valence-electron chi connectivity index (χ2n) is 5.61. The molecule has 0 bridgehead atoms. The van der Waals surface area contributed by atoms with Crippen molar-refractivity contribution in [2.75, 3.05) is 12.3 Å². The highest BCUT2D eigenvalue weighted by atomic mass is 32.2. The van der Waals surface area contributed by atoms with Crippen molar-refractivity contribution in [3.05, 3.63) is 0 Å². The van der Waals surface area contributed by atoms with Gasteiger partial charge in [0.05, 0.1) is 6.04 Å². The van der Waals surface area contributed by atoms with E-state index in [4.69, 9.17) is 4.99 Å². The summed E-state index contributed by atoms with van der Waals surface area (Å²) in [7, 11) is 0. The molecule has 0 aromatic rings. The van der Waals surface area contributed by atoms with Crippen LogP contribution in [-0.4, -0.2) is 34.4 Å². The number of aliphatic imine (C=N–C) groups is 1. The molecule has 3 heteroatoms. The van der Waals surface area contributed by atoms with E-state index in [1.807, 2.05) is 11.8 Å². The molecule has 1 aliphatic heterocycles. The summed E-state index contributed by atoms with van der Waals surface area (Å²) in [6, 6.07) is 1.23. The number of hydrogen-bond donors (Lipinski definition) is 0. The first-order chi connectivity index (χ1) is 7.59. The summed E-state index contributed by atoms with van der Waals surface area (Å²) in [6.07, 6.45) is 2.62. The summed E-state index contributed by atoms with van der Waals surface area (Å²) in [5.74, 6) is 2.90. The lowest BCUT2D eigenvalue weighted by Gasteiger charge is -2.33. The van der Waals surface area contributed by atoms with Gasteiger partial charge in [-0.05, 0) is 38.5 Å². The van der Waals surface area contributed by atoms with Gasteiger partial charge >= 0.3 is 0 Å². The molecule has 2 aliphatic rings. The third kappa shape index (κ3) is 2.73. The summed E-state index contributed by atoms with van der Waals surface area (Å²) < 4.78 is 0. The Morgan fingerprint density at radius 1 is 1.31 bits per heavy atom. The van der Waals surface area contributed by atoms with E-state index >= 15 is 0 Å². The summed E-state index contributed by atoms with van der Waals surface area (Å²) in [4.78, 5) is 7.43. The molecule has 2 nitrogen and oxygen atoms in total. The summed E-state index contributed by atoms with van der Waals surface area (Å²) in [5, 5.41) is 1.31. The zero-order chi connectivity index (χ0) is 11.7. The van der Waals surface area contributed by atoms with Gasteiger partial charge < -0.3 is 4.90 Å². The molecular weight excluding hydrogens is 216 g/mol. The first-order valence-electron chi connectivity index (χ1n) is 6.57. The molecule has 0 N–H and O–H groups in total. The van der Waals surface area contributed by atoms with E-state index in [1.54, 1.807) is 0 Å². The van der Waals surface area contributed by atoms with Crippen LogP contribution in [0.3, 0.4) is 0 Å². The van der Waals surface area contributed by atoms with E-state index in [0.717, 1.165) is 11.8 Å². The highest BCUT2D eigenvalue weighted by molar-refractivity contribution is 8.13. The van der Waals surface area contributed by atoms with Crippen LogP contribution in [0, 0.1) is 11.8 Å². The molecule has 0 aromatic heterocycles. The molecule has 0 radical (unpaired) electrons. The van der Waals surface area contributed by atoms with E-state index in [-0.39, 0.29) is 0 Å². The standard InChI is InChI=1S/C13H24N2S/c1-9(2)11-8-12(11)14-13-15(10(3)4)6-5-7-16-13/h9-12H,5-8H2,1-4H3. The van der Waals surface area contributed by atoms with Crippen LogP contribution in [-0.2, 0) is 0 Å². The third-order valence-corrected chi connectivity index (χ3v) is 4.67. The van der Waals surface area contributed by atoms with Crippen molar-refractivity contribution in [3.8, 4) is 0 Å². The van der Waals surface area contributed by atoms with E-state index in [2.05, 4.69) is 32.6 Å². The minimum atomic E-state index is 0.600. The number of rotatable bonds is 3. The maximum absolute atomic E-state index is 4.96. The van der Waals surface area contributed by atoms with Crippen LogP contribution in [0.1, 0.15) is 40.5 Å². The van der Waals surface area contributed by atoms with Crippen LogP contribution in [0.15, 0.2) is 4.99 Å². The quantitative estimate of drug-likeness (QED) is 0.752. The summed E-state index contributed by atoms with van der Waals surface area (Å²) >= 11 is 1.96. The SMILES string of the molecule is CC(C)C1CC1N=C1SCCCN1C(C)C. The maximum atomic E-state index is 4.96. The van der Waals surface area contributed by atoms with Crippen molar-refractivity contribution in [2.24, 2.45) is 16.8 Å². The lowest BCUT2D eigenvalue weighted by Crippen LogP contribution is -2.39. The highest BCUT2D eigenvalue weighted by Gasteiger charge is 2.40. The zero-order valence-electron chi connectivity index (χ0n) is 10.9.